The molecule has 4 nitrogen and oxygen atoms in total. The fourth-order valence-electron chi connectivity index (χ4n) is 0.925. The van der Waals surface area contributed by atoms with Crippen molar-refractivity contribution < 1.29 is 19.1 Å². The molecule has 0 bridgehead atoms. The number of hydrogen-bond donors (Lipinski definition) is 0. The first-order valence-electron chi connectivity index (χ1n) is 4.13. The topological polar surface area (TPSA) is 52.6 Å². The second kappa shape index (κ2) is 5.36. The van der Waals surface area contributed by atoms with Crippen molar-refractivity contribution in [3.8, 4) is 5.75 Å². The number of hydrogen-bond acceptors (Lipinski definition) is 4. The SMILES string of the molecule is COC(=O)C(C=O)Oc1ccccc1Cl. The van der Waals surface area contributed by atoms with Crippen LogP contribution in [0.3, 0.4) is 0 Å². The van der Waals surface area contributed by atoms with Crippen molar-refractivity contribution >= 4 is 23.9 Å². The Labute approximate surface area is 91.7 Å². The molecule has 0 spiro atoms. The highest BCUT2D eigenvalue weighted by molar-refractivity contribution is 6.32. The number of ether oxygens (including phenoxy) is 2. The Hall–Kier alpha value is -1.55. The van der Waals surface area contributed by atoms with E-state index in [4.69, 9.17) is 16.3 Å². The van der Waals surface area contributed by atoms with Crippen LogP contribution in [0.5, 0.6) is 5.75 Å². The summed E-state index contributed by atoms with van der Waals surface area (Å²) in [5, 5.41) is 0.327. The lowest BCUT2D eigenvalue weighted by Crippen LogP contribution is -2.30. The van der Waals surface area contributed by atoms with E-state index in [0.717, 1.165) is 0 Å². The third kappa shape index (κ3) is 2.95. The zero-order valence-electron chi connectivity index (χ0n) is 7.98. The van der Waals surface area contributed by atoms with Crippen LogP contribution in [-0.4, -0.2) is 25.5 Å². The van der Waals surface area contributed by atoms with E-state index < -0.39 is 12.1 Å². The predicted molar refractivity (Wildman–Crippen MR) is 53.9 cm³/mol. The van der Waals surface area contributed by atoms with Crippen molar-refractivity contribution in [1.82, 2.24) is 0 Å². The summed E-state index contributed by atoms with van der Waals surface area (Å²) >= 11 is 5.78. The smallest absolute Gasteiger partial charge is 0.354 e. The maximum absolute atomic E-state index is 11.0. The van der Waals surface area contributed by atoms with Crippen LogP contribution in [0.4, 0.5) is 0 Å². The van der Waals surface area contributed by atoms with E-state index in [1.165, 1.54) is 7.11 Å². The molecule has 0 N–H and O–H groups in total. The molecule has 15 heavy (non-hydrogen) atoms. The Morgan fingerprint density at radius 2 is 2.13 bits per heavy atom. The van der Waals surface area contributed by atoms with E-state index in [0.29, 0.717) is 11.3 Å². The maximum Gasteiger partial charge on any atom is 0.354 e. The number of carbonyl (C=O) groups is 2. The minimum absolute atomic E-state index is 0.265. The van der Waals surface area contributed by atoms with Crippen molar-refractivity contribution in [2.45, 2.75) is 6.10 Å². The van der Waals surface area contributed by atoms with Gasteiger partial charge < -0.3 is 9.47 Å². The van der Waals surface area contributed by atoms with Gasteiger partial charge in [-0.05, 0) is 12.1 Å². The Bertz CT molecular complexity index is 364. The minimum Gasteiger partial charge on any atom is -0.470 e. The second-order valence-corrected chi connectivity index (χ2v) is 3.04. The quantitative estimate of drug-likeness (QED) is 0.445. The van der Waals surface area contributed by atoms with Crippen LogP contribution < -0.4 is 4.74 Å². The van der Waals surface area contributed by atoms with Crippen LogP contribution in [0.15, 0.2) is 24.3 Å². The van der Waals surface area contributed by atoms with Gasteiger partial charge in [0.2, 0.25) is 6.10 Å². The van der Waals surface area contributed by atoms with Gasteiger partial charge in [0.15, 0.2) is 6.29 Å². The predicted octanol–water partition coefficient (Wildman–Crippen LogP) is 1.46. The van der Waals surface area contributed by atoms with Gasteiger partial charge in [0.25, 0.3) is 0 Å². The molecule has 5 heteroatoms. The highest BCUT2D eigenvalue weighted by Gasteiger charge is 2.20. The zero-order chi connectivity index (χ0) is 11.3. The number of carbonyl (C=O) groups excluding carboxylic acids is 2. The molecule has 1 aromatic rings. The number of methoxy groups -OCH3 is 1. The van der Waals surface area contributed by atoms with Gasteiger partial charge >= 0.3 is 5.97 Å². The second-order valence-electron chi connectivity index (χ2n) is 2.63. The summed E-state index contributed by atoms with van der Waals surface area (Å²) in [6, 6.07) is 6.54. The van der Waals surface area contributed by atoms with Crippen LogP contribution >= 0.6 is 11.6 Å². The summed E-state index contributed by atoms with van der Waals surface area (Å²) in [6.45, 7) is 0. The van der Waals surface area contributed by atoms with E-state index >= 15 is 0 Å². The number of esters is 1. The molecule has 1 atom stereocenters. The van der Waals surface area contributed by atoms with E-state index in [-0.39, 0.29) is 5.75 Å². The first-order valence-corrected chi connectivity index (χ1v) is 4.51. The molecule has 1 rings (SSSR count). The fraction of sp³-hybridized carbons (Fsp3) is 0.200. The first kappa shape index (κ1) is 11.5. The standard InChI is InChI=1S/C10H9ClO4/c1-14-10(13)9(6-12)15-8-5-3-2-4-7(8)11/h2-6,9H,1H3. The van der Waals surface area contributed by atoms with Gasteiger partial charge in [0.1, 0.15) is 5.75 Å². The first-order chi connectivity index (χ1) is 7.19. The highest BCUT2D eigenvalue weighted by atomic mass is 35.5. The van der Waals surface area contributed by atoms with Crippen LogP contribution in [0.25, 0.3) is 0 Å². The average Bonchev–Trinajstić information content (AvgIpc) is 2.27. The van der Waals surface area contributed by atoms with Crippen molar-refractivity contribution in [3.63, 3.8) is 0 Å². The number of benzene rings is 1. The lowest BCUT2D eigenvalue weighted by molar-refractivity contribution is -0.150. The van der Waals surface area contributed by atoms with Gasteiger partial charge in [-0.3, -0.25) is 4.79 Å². The Balaban J connectivity index is 2.80. The summed E-state index contributed by atoms with van der Waals surface area (Å²) in [5.74, 6) is -0.494. The molecule has 0 aliphatic heterocycles. The Morgan fingerprint density at radius 3 is 2.67 bits per heavy atom. The van der Waals surface area contributed by atoms with Crippen molar-refractivity contribution in [3.05, 3.63) is 29.3 Å². The summed E-state index contributed by atoms with van der Waals surface area (Å²) < 4.78 is 9.45. The lowest BCUT2D eigenvalue weighted by atomic mass is 10.3. The average molecular weight is 229 g/mol. The monoisotopic (exact) mass is 228 g/mol. The van der Waals surface area contributed by atoms with E-state index in [1.807, 2.05) is 0 Å². The van der Waals surface area contributed by atoms with Gasteiger partial charge in [-0.2, -0.15) is 0 Å². The molecule has 1 aromatic carbocycles. The highest BCUT2D eigenvalue weighted by Crippen LogP contribution is 2.24. The molecule has 0 saturated carbocycles. The number of para-hydroxylation sites is 1. The van der Waals surface area contributed by atoms with Gasteiger partial charge in [-0.1, -0.05) is 23.7 Å². The lowest BCUT2D eigenvalue weighted by Gasteiger charge is -2.11. The van der Waals surface area contributed by atoms with Crippen LogP contribution in [0.2, 0.25) is 5.02 Å². The fourth-order valence-corrected chi connectivity index (χ4v) is 1.10. The molecule has 80 valence electrons. The van der Waals surface area contributed by atoms with Crippen LogP contribution in [0.1, 0.15) is 0 Å². The van der Waals surface area contributed by atoms with Crippen LogP contribution in [-0.2, 0) is 14.3 Å². The zero-order valence-corrected chi connectivity index (χ0v) is 8.73. The van der Waals surface area contributed by atoms with Crippen LogP contribution in [0, 0.1) is 0 Å². The molecule has 0 aliphatic rings. The summed E-state index contributed by atoms with van der Waals surface area (Å²) in [4.78, 5) is 21.6. The molecule has 0 amide bonds. The van der Waals surface area contributed by atoms with E-state index in [2.05, 4.69) is 4.74 Å². The molecule has 0 aromatic heterocycles. The Morgan fingerprint density at radius 1 is 1.47 bits per heavy atom. The molecule has 0 radical (unpaired) electrons. The molecule has 1 unspecified atom stereocenters. The third-order valence-electron chi connectivity index (χ3n) is 1.65. The summed E-state index contributed by atoms with van der Waals surface area (Å²) in [7, 11) is 1.18. The van der Waals surface area contributed by atoms with Gasteiger partial charge in [0, 0.05) is 0 Å². The van der Waals surface area contributed by atoms with Gasteiger partial charge in [0.05, 0.1) is 12.1 Å². The number of halogens is 1. The molecule has 0 saturated heterocycles. The van der Waals surface area contributed by atoms with Crippen molar-refractivity contribution in [1.29, 1.82) is 0 Å². The molecule has 0 fully saturated rings. The maximum atomic E-state index is 11.0. The van der Waals surface area contributed by atoms with Crippen molar-refractivity contribution in [2.75, 3.05) is 7.11 Å². The number of rotatable bonds is 4. The van der Waals surface area contributed by atoms with E-state index in [1.54, 1.807) is 24.3 Å². The third-order valence-corrected chi connectivity index (χ3v) is 1.96. The van der Waals surface area contributed by atoms with Crippen molar-refractivity contribution in [2.24, 2.45) is 0 Å². The summed E-state index contributed by atoms with van der Waals surface area (Å²) in [6.07, 6.45) is -0.926. The minimum atomic E-state index is -1.28. The largest absolute Gasteiger partial charge is 0.470 e. The Kier molecular flexibility index (Phi) is 4.12. The molecular weight excluding hydrogens is 220 g/mol. The number of aldehydes is 1. The molecule has 0 heterocycles. The molecule has 0 aliphatic carbocycles. The molecular formula is C10H9ClO4. The van der Waals surface area contributed by atoms with E-state index in [9.17, 15) is 9.59 Å². The normalized spacial score (nSPS) is 11.6. The van der Waals surface area contributed by atoms with Gasteiger partial charge in [-0.25, -0.2) is 4.79 Å². The summed E-state index contributed by atoms with van der Waals surface area (Å²) in [5.41, 5.74) is 0. The van der Waals surface area contributed by atoms with Gasteiger partial charge in [-0.15, -0.1) is 0 Å².